The van der Waals surface area contributed by atoms with Crippen LogP contribution in [0.2, 0.25) is 5.02 Å². The zero-order valence-electron chi connectivity index (χ0n) is 13.5. The Bertz CT molecular complexity index is 850. The van der Waals surface area contributed by atoms with Gasteiger partial charge in [0, 0.05) is 34.3 Å². The lowest BCUT2D eigenvalue weighted by Gasteiger charge is -2.25. The molecule has 2 aromatic rings. The van der Waals surface area contributed by atoms with Crippen molar-refractivity contribution in [3.05, 3.63) is 50.9 Å². The standard InChI is InChI=1S/C17H18ClN3O2S/c1-3-14-10(2)19-17-21(16(14)23)8-11(9-24-17)15(22)20-13-6-4-5-12(18)7-13/h4-7,11H,3,8-9H2,1-2H3,(H,20,22). The van der Waals surface area contributed by atoms with Gasteiger partial charge in [0.2, 0.25) is 5.91 Å². The molecule has 1 N–H and O–H groups in total. The molecule has 2 heterocycles. The van der Waals surface area contributed by atoms with Crippen LogP contribution >= 0.6 is 23.4 Å². The first-order chi connectivity index (χ1) is 11.5. The maximum Gasteiger partial charge on any atom is 0.257 e. The predicted octanol–water partition coefficient (Wildman–Crippen LogP) is 3.13. The van der Waals surface area contributed by atoms with Crippen LogP contribution in [0.15, 0.2) is 34.2 Å². The van der Waals surface area contributed by atoms with Gasteiger partial charge in [0.25, 0.3) is 5.56 Å². The molecule has 0 saturated heterocycles. The predicted molar refractivity (Wildman–Crippen MR) is 96.9 cm³/mol. The summed E-state index contributed by atoms with van der Waals surface area (Å²) < 4.78 is 1.63. The van der Waals surface area contributed by atoms with Crippen molar-refractivity contribution in [2.24, 2.45) is 5.92 Å². The molecule has 0 saturated carbocycles. The van der Waals surface area contributed by atoms with Crippen molar-refractivity contribution in [2.45, 2.75) is 32.0 Å². The number of benzene rings is 1. The molecular weight excluding hydrogens is 346 g/mol. The molecule has 0 radical (unpaired) electrons. The first kappa shape index (κ1) is 17.0. The highest BCUT2D eigenvalue weighted by Crippen LogP contribution is 2.27. The van der Waals surface area contributed by atoms with E-state index in [1.807, 2.05) is 13.8 Å². The number of fused-ring (bicyclic) bond motifs is 1. The third-order valence-corrected chi connectivity index (χ3v) is 5.44. The van der Waals surface area contributed by atoms with E-state index in [1.54, 1.807) is 28.8 Å². The molecule has 126 valence electrons. The number of anilines is 1. The molecule has 1 amide bonds. The van der Waals surface area contributed by atoms with Crippen molar-refractivity contribution >= 4 is 35.0 Å². The lowest BCUT2D eigenvalue weighted by molar-refractivity contribution is -0.119. The molecule has 5 nitrogen and oxygen atoms in total. The second-order valence-electron chi connectivity index (χ2n) is 5.74. The Morgan fingerprint density at radius 1 is 1.50 bits per heavy atom. The lowest BCUT2D eigenvalue weighted by atomic mass is 10.1. The van der Waals surface area contributed by atoms with Gasteiger partial charge in [-0.15, -0.1) is 0 Å². The van der Waals surface area contributed by atoms with E-state index >= 15 is 0 Å². The summed E-state index contributed by atoms with van der Waals surface area (Å²) in [6.07, 6.45) is 0.641. The Hall–Kier alpha value is -1.79. The number of amides is 1. The molecule has 0 spiro atoms. The molecule has 24 heavy (non-hydrogen) atoms. The summed E-state index contributed by atoms with van der Waals surface area (Å²) in [5, 5.41) is 4.14. The maximum absolute atomic E-state index is 12.6. The van der Waals surface area contributed by atoms with Crippen molar-refractivity contribution in [3.63, 3.8) is 0 Å². The van der Waals surface area contributed by atoms with Gasteiger partial charge in [0.1, 0.15) is 0 Å². The van der Waals surface area contributed by atoms with Gasteiger partial charge in [-0.25, -0.2) is 4.98 Å². The van der Waals surface area contributed by atoms with Crippen molar-refractivity contribution in [3.8, 4) is 0 Å². The molecule has 0 bridgehead atoms. The number of thioether (sulfide) groups is 1. The fourth-order valence-corrected chi connectivity index (χ4v) is 4.08. The molecule has 0 aliphatic carbocycles. The third kappa shape index (κ3) is 3.35. The van der Waals surface area contributed by atoms with E-state index in [4.69, 9.17) is 11.6 Å². The summed E-state index contributed by atoms with van der Waals surface area (Å²) in [6.45, 7) is 4.16. The van der Waals surface area contributed by atoms with Crippen molar-refractivity contribution in [2.75, 3.05) is 11.1 Å². The lowest BCUT2D eigenvalue weighted by Crippen LogP contribution is -2.38. The summed E-state index contributed by atoms with van der Waals surface area (Å²) in [7, 11) is 0. The summed E-state index contributed by atoms with van der Waals surface area (Å²) in [4.78, 5) is 29.6. The zero-order chi connectivity index (χ0) is 17.3. The van der Waals surface area contributed by atoms with Crippen LogP contribution in [0, 0.1) is 12.8 Å². The Balaban J connectivity index is 1.82. The van der Waals surface area contributed by atoms with Crippen LogP contribution in [0.1, 0.15) is 18.2 Å². The van der Waals surface area contributed by atoms with Crippen LogP contribution in [0.5, 0.6) is 0 Å². The highest BCUT2D eigenvalue weighted by Gasteiger charge is 2.28. The number of nitrogens with zero attached hydrogens (tertiary/aromatic N) is 2. The minimum absolute atomic E-state index is 0.0345. The van der Waals surface area contributed by atoms with Crippen LogP contribution < -0.4 is 10.9 Å². The number of rotatable bonds is 3. The Kier molecular flexibility index (Phi) is 4.96. The molecular formula is C17H18ClN3O2S. The number of carbonyl (C=O) groups excluding carboxylic acids is 1. The van der Waals surface area contributed by atoms with Gasteiger partial charge in [-0.1, -0.05) is 36.4 Å². The molecule has 1 aromatic carbocycles. The fraction of sp³-hybridized carbons (Fsp3) is 0.353. The molecule has 1 aliphatic rings. The minimum atomic E-state index is -0.284. The number of hydrogen-bond acceptors (Lipinski definition) is 4. The number of carbonyl (C=O) groups is 1. The van der Waals surface area contributed by atoms with E-state index in [0.29, 0.717) is 34.6 Å². The Labute approximate surface area is 149 Å². The van der Waals surface area contributed by atoms with E-state index in [-0.39, 0.29) is 17.4 Å². The largest absolute Gasteiger partial charge is 0.326 e. The first-order valence-corrected chi connectivity index (χ1v) is 9.15. The number of aromatic nitrogens is 2. The normalized spacial score (nSPS) is 16.5. The monoisotopic (exact) mass is 363 g/mol. The molecule has 0 fully saturated rings. The van der Waals surface area contributed by atoms with E-state index < -0.39 is 0 Å². The maximum atomic E-state index is 12.6. The molecule has 1 unspecified atom stereocenters. The van der Waals surface area contributed by atoms with E-state index in [2.05, 4.69) is 10.3 Å². The van der Waals surface area contributed by atoms with Gasteiger partial charge in [0.15, 0.2) is 5.16 Å². The number of nitrogens with one attached hydrogen (secondary N) is 1. The van der Waals surface area contributed by atoms with Crippen LogP contribution in [0.3, 0.4) is 0 Å². The van der Waals surface area contributed by atoms with Crippen LogP contribution in [0.4, 0.5) is 5.69 Å². The van der Waals surface area contributed by atoms with Gasteiger partial charge in [-0.2, -0.15) is 0 Å². The van der Waals surface area contributed by atoms with Gasteiger partial charge in [-0.3, -0.25) is 14.2 Å². The zero-order valence-corrected chi connectivity index (χ0v) is 15.1. The van der Waals surface area contributed by atoms with Crippen LogP contribution in [-0.4, -0.2) is 21.2 Å². The summed E-state index contributed by atoms with van der Waals surface area (Å²) in [5.41, 5.74) is 2.12. The molecule has 1 aromatic heterocycles. The fourth-order valence-electron chi connectivity index (χ4n) is 2.77. The quantitative estimate of drug-likeness (QED) is 0.851. The summed E-state index contributed by atoms with van der Waals surface area (Å²) in [6, 6.07) is 7.03. The topological polar surface area (TPSA) is 64.0 Å². The smallest absolute Gasteiger partial charge is 0.257 e. The molecule has 1 atom stereocenters. The average molecular weight is 364 g/mol. The molecule has 7 heteroatoms. The molecule has 3 rings (SSSR count). The second-order valence-corrected chi connectivity index (χ2v) is 7.16. The van der Waals surface area contributed by atoms with Gasteiger partial charge >= 0.3 is 0 Å². The van der Waals surface area contributed by atoms with E-state index in [1.165, 1.54) is 11.8 Å². The van der Waals surface area contributed by atoms with Gasteiger partial charge in [0.05, 0.1) is 5.92 Å². The van der Waals surface area contributed by atoms with Crippen molar-refractivity contribution in [1.29, 1.82) is 0 Å². The molecule has 1 aliphatic heterocycles. The average Bonchev–Trinajstić information content (AvgIpc) is 2.55. The SMILES string of the molecule is CCc1c(C)nc2n(c1=O)CC(C(=O)Nc1cccc(Cl)c1)CS2. The summed E-state index contributed by atoms with van der Waals surface area (Å²) in [5.74, 6) is 0.207. The highest BCUT2D eigenvalue weighted by molar-refractivity contribution is 7.99. The Morgan fingerprint density at radius 2 is 2.29 bits per heavy atom. The van der Waals surface area contributed by atoms with Crippen LogP contribution in [0.25, 0.3) is 0 Å². The highest BCUT2D eigenvalue weighted by atomic mass is 35.5. The Morgan fingerprint density at radius 3 is 3.00 bits per heavy atom. The van der Waals surface area contributed by atoms with Crippen molar-refractivity contribution < 1.29 is 4.79 Å². The number of halogens is 1. The second kappa shape index (κ2) is 6.99. The van der Waals surface area contributed by atoms with Crippen molar-refractivity contribution in [1.82, 2.24) is 9.55 Å². The summed E-state index contributed by atoms with van der Waals surface area (Å²) >= 11 is 7.39. The third-order valence-electron chi connectivity index (χ3n) is 4.07. The van der Waals surface area contributed by atoms with Gasteiger partial charge in [-0.05, 0) is 31.5 Å². The number of aryl methyl sites for hydroxylation is 1. The first-order valence-electron chi connectivity index (χ1n) is 7.79. The van der Waals surface area contributed by atoms with Crippen LogP contribution in [-0.2, 0) is 17.8 Å². The number of hydrogen-bond donors (Lipinski definition) is 1. The van der Waals surface area contributed by atoms with Gasteiger partial charge < -0.3 is 5.32 Å². The minimum Gasteiger partial charge on any atom is -0.326 e. The van der Waals surface area contributed by atoms with E-state index in [9.17, 15) is 9.59 Å². The van der Waals surface area contributed by atoms with E-state index in [0.717, 1.165) is 11.3 Å².